The number of pyridine rings is 1. The van der Waals surface area contributed by atoms with Crippen molar-refractivity contribution in [2.24, 2.45) is 0 Å². The number of aromatic nitrogens is 1. The fraction of sp³-hybridized carbons (Fsp3) is 0.688. The highest BCUT2D eigenvalue weighted by atomic mass is 35.5. The van der Waals surface area contributed by atoms with E-state index in [-0.39, 0.29) is 0 Å². The Kier molecular flexibility index (Phi) is 8.12. The van der Waals surface area contributed by atoms with Crippen LogP contribution in [0.1, 0.15) is 39.8 Å². The molecule has 2 rings (SSSR count). The maximum atomic E-state index is 5.67. The van der Waals surface area contributed by atoms with E-state index < -0.39 is 0 Å². The molecule has 1 fully saturated rings. The van der Waals surface area contributed by atoms with Crippen LogP contribution in [0.3, 0.4) is 0 Å². The van der Waals surface area contributed by atoms with Gasteiger partial charge in [0.2, 0.25) is 0 Å². The van der Waals surface area contributed by atoms with Crippen LogP contribution in [0.4, 0.5) is 0 Å². The fourth-order valence-corrected chi connectivity index (χ4v) is 2.53. The summed E-state index contributed by atoms with van der Waals surface area (Å²) in [5.41, 5.74) is 1.08. The van der Waals surface area contributed by atoms with Crippen LogP contribution in [0, 0.1) is 0 Å². The van der Waals surface area contributed by atoms with Crippen molar-refractivity contribution in [3.63, 3.8) is 0 Å². The Labute approximate surface area is 128 Å². The van der Waals surface area contributed by atoms with Gasteiger partial charge in [-0.05, 0) is 39.3 Å². The summed E-state index contributed by atoms with van der Waals surface area (Å²) in [6.07, 6.45) is 2.13. The lowest BCUT2D eigenvalue weighted by Gasteiger charge is -2.36. The number of hydrogen-bond acceptors (Lipinski definition) is 3. The molecule has 1 aliphatic heterocycles. The monoisotopic (exact) mass is 298 g/mol. The van der Waals surface area contributed by atoms with Crippen molar-refractivity contribution in [2.75, 3.05) is 19.8 Å². The maximum absolute atomic E-state index is 5.67. The first-order valence-corrected chi connectivity index (χ1v) is 7.87. The second-order valence-electron chi connectivity index (χ2n) is 5.46. The van der Waals surface area contributed by atoms with E-state index >= 15 is 0 Å². The number of ether oxygens (including phenoxy) is 1. The predicted octanol–water partition coefficient (Wildman–Crippen LogP) is 3.80. The van der Waals surface area contributed by atoms with E-state index in [1.807, 2.05) is 12.1 Å². The summed E-state index contributed by atoms with van der Waals surface area (Å²) in [5.74, 6) is 0. The number of morpholine rings is 1. The molecule has 1 aromatic heterocycles. The molecule has 0 aromatic carbocycles. The molecule has 20 heavy (non-hydrogen) atoms. The lowest BCUT2D eigenvalue weighted by molar-refractivity contribution is -0.0149. The van der Waals surface area contributed by atoms with Gasteiger partial charge in [0.15, 0.2) is 0 Å². The molecule has 1 saturated heterocycles. The van der Waals surface area contributed by atoms with Crippen LogP contribution in [0.5, 0.6) is 0 Å². The van der Waals surface area contributed by atoms with Gasteiger partial charge < -0.3 is 4.74 Å². The van der Waals surface area contributed by atoms with E-state index in [1.54, 1.807) is 6.07 Å². The van der Waals surface area contributed by atoms with Crippen LogP contribution < -0.4 is 0 Å². The van der Waals surface area contributed by atoms with Crippen LogP contribution in [0.15, 0.2) is 18.2 Å². The van der Waals surface area contributed by atoms with E-state index in [4.69, 9.17) is 16.3 Å². The largest absolute Gasteiger partial charge is 0.379 e. The third-order valence-corrected chi connectivity index (χ3v) is 3.57. The Morgan fingerprint density at radius 3 is 2.70 bits per heavy atom. The molecule has 0 N–H and O–H groups in total. The molecule has 0 aliphatic carbocycles. The summed E-state index contributed by atoms with van der Waals surface area (Å²) in [7, 11) is 0. The zero-order valence-electron chi connectivity index (χ0n) is 13.1. The van der Waals surface area contributed by atoms with Crippen molar-refractivity contribution in [1.29, 1.82) is 0 Å². The van der Waals surface area contributed by atoms with Gasteiger partial charge in [-0.3, -0.25) is 4.90 Å². The molecule has 0 unspecified atom stereocenters. The Balaban J connectivity index is 0.000000200. The second kappa shape index (κ2) is 9.32. The molecule has 0 amide bonds. The summed E-state index contributed by atoms with van der Waals surface area (Å²) in [6.45, 7) is 11.7. The van der Waals surface area contributed by atoms with Gasteiger partial charge in [-0.1, -0.05) is 31.0 Å². The lowest BCUT2D eigenvalue weighted by atomic mass is 10.2. The van der Waals surface area contributed by atoms with E-state index in [9.17, 15) is 0 Å². The zero-order valence-corrected chi connectivity index (χ0v) is 13.9. The lowest BCUT2D eigenvalue weighted by Crippen LogP contribution is -2.47. The molecule has 1 aromatic rings. The van der Waals surface area contributed by atoms with E-state index in [1.165, 1.54) is 0 Å². The SMILES string of the molecule is CC(C)N1CCOC[C@H]1C.CCCc1cccc(Cl)n1. The number of hydrogen-bond donors (Lipinski definition) is 0. The van der Waals surface area contributed by atoms with Gasteiger partial charge in [0.05, 0.1) is 13.2 Å². The topological polar surface area (TPSA) is 25.4 Å². The van der Waals surface area contributed by atoms with E-state index in [0.29, 0.717) is 17.2 Å². The number of halogens is 1. The zero-order chi connectivity index (χ0) is 15.0. The summed E-state index contributed by atoms with van der Waals surface area (Å²) in [6, 6.07) is 6.99. The molecular weight excluding hydrogens is 272 g/mol. The Hall–Kier alpha value is -0.640. The molecule has 4 heteroatoms. The summed E-state index contributed by atoms with van der Waals surface area (Å²) in [5, 5.41) is 0.589. The summed E-state index contributed by atoms with van der Waals surface area (Å²) in [4.78, 5) is 6.60. The average molecular weight is 299 g/mol. The number of aryl methyl sites for hydroxylation is 1. The van der Waals surface area contributed by atoms with Crippen molar-refractivity contribution >= 4 is 11.6 Å². The molecule has 0 radical (unpaired) electrons. The predicted molar refractivity (Wildman–Crippen MR) is 85.4 cm³/mol. The number of nitrogens with zero attached hydrogens (tertiary/aromatic N) is 2. The first kappa shape index (κ1) is 17.4. The van der Waals surface area contributed by atoms with Crippen LogP contribution in [-0.4, -0.2) is 41.7 Å². The normalized spacial score (nSPS) is 19.6. The van der Waals surface area contributed by atoms with Gasteiger partial charge in [-0.25, -0.2) is 4.98 Å². The van der Waals surface area contributed by atoms with Gasteiger partial charge in [-0.2, -0.15) is 0 Å². The smallest absolute Gasteiger partial charge is 0.129 e. The van der Waals surface area contributed by atoms with E-state index in [2.05, 4.69) is 37.6 Å². The third-order valence-electron chi connectivity index (χ3n) is 3.36. The van der Waals surface area contributed by atoms with Gasteiger partial charge >= 0.3 is 0 Å². The van der Waals surface area contributed by atoms with Crippen molar-refractivity contribution in [3.05, 3.63) is 29.0 Å². The molecule has 0 spiro atoms. The molecule has 1 aliphatic rings. The quantitative estimate of drug-likeness (QED) is 0.794. The van der Waals surface area contributed by atoms with Gasteiger partial charge in [-0.15, -0.1) is 0 Å². The Morgan fingerprint density at radius 2 is 2.20 bits per heavy atom. The highest BCUT2D eigenvalue weighted by molar-refractivity contribution is 6.29. The first-order valence-electron chi connectivity index (χ1n) is 7.49. The Bertz CT molecular complexity index is 384. The minimum absolute atomic E-state index is 0.589. The van der Waals surface area contributed by atoms with Crippen LogP contribution in [0.25, 0.3) is 0 Å². The fourth-order valence-electron chi connectivity index (χ4n) is 2.35. The highest BCUT2D eigenvalue weighted by Gasteiger charge is 2.20. The van der Waals surface area contributed by atoms with E-state index in [0.717, 1.165) is 38.3 Å². The standard InChI is InChI=1S/C8H10ClN.C8H17NO/c1-2-4-7-5-3-6-8(9)10-7;1-7(2)9-4-5-10-6-8(9)3/h3,5-6H,2,4H2,1H3;7-8H,4-6H2,1-3H3/t;8-/m.1/s1. The minimum atomic E-state index is 0.589. The highest BCUT2D eigenvalue weighted by Crippen LogP contribution is 2.09. The summed E-state index contributed by atoms with van der Waals surface area (Å²) < 4.78 is 5.32. The Morgan fingerprint density at radius 1 is 1.45 bits per heavy atom. The van der Waals surface area contributed by atoms with Crippen molar-refractivity contribution in [2.45, 2.75) is 52.6 Å². The molecule has 2 heterocycles. The van der Waals surface area contributed by atoms with Crippen molar-refractivity contribution in [1.82, 2.24) is 9.88 Å². The van der Waals surface area contributed by atoms with Crippen molar-refractivity contribution in [3.8, 4) is 0 Å². The first-order chi connectivity index (χ1) is 9.54. The average Bonchev–Trinajstić information content (AvgIpc) is 2.40. The van der Waals surface area contributed by atoms with Crippen LogP contribution >= 0.6 is 11.6 Å². The van der Waals surface area contributed by atoms with Crippen LogP contribution in [-0.2, 0) is 11.2 Å². The van der Waals surface area contributed by atoms with Crippen LogP contribution in [0.2, 0.25) is 5.15 Å². The number of rotatable bonds is 3. The maximum Gasteiger partial charge on any atom is 0.129 e. The minimum Gasteiger partial charge on any atom is -0.379 e. The van der Waals surface area contributed by atoms with Gasteiger partial charge in [0.1, 0.15) is 5.15 Å². The molecule has 0 saturated carbocycles. The molecular formula is C16H27ClN2O. The van der Waals surface area contributed by atoms with Gasteiger partial charge in [0.25, 0.3) is 0 Å². The molecule has 114 valence electrons. The second-order valence-corrected chi connectivity index (χ2v) is 5.84. The molecule has 1 atom stereocenters. The van der Waals surface area contributed by atoms with Gasteiger partial charge in [0, 0.05) is 24.3 Å². The van der Waals surface area contributed by atoms with Crippen molar-refractivity contribution < 1.29 is 4.74 Å². The molecule has 0 bridgehead atoms. The summed E-state index contributed by atoms with van der Waals surface area (Å²) >= 11 is 5.67. The molecule has 3 nitrogen and oxygen atoms in total. The third kappa shape index (κ3) is 6.21.